The molecule has 2 saturated heterocycles. The summed E-state index contributed by atoms with van der Waals surface area (Å²) in [5.74, 6) is 2.26. The molecule has 0 atom stereocenters. The Labute approximate surface area is 295 Å². The highest BCUT2D eigenvalue weighted by Gasteiger charge is 2.19. The highest BCUT2D eigenvalue weighted by atomic mass is 19.1. The van der Waals surface area contributed by atoms with E-state index in [0.717, 1.165) is 76.0 Å². The smallest absolute Gasteiger partial charge is 0.187 e. The van der Waals surface area contributed by atoms with Gasteiger partial charge in [-0.15, -0.1) is 0 Å². The first-order chi connectivity index (χ1) is 24.5. The van der Waals surface area contributed by atoms with Gasteiger partial charge in [0.25, 0.3) is 0 Å². The lowest BCUT2D eigenvalue weighted by molar-refractivity contribution is 0.161. The van der Waals surface area contributed by atoms with Crippen LogP contribution in [-0.4, -0.2) is 57.4 Å². The number of ether oxygens (including phenoxy) is 3. The largest absolute Gasteiger partial charge is 0.494 e. The molecule has 0 radical (unpaired) electrons. The maximum Gasteiger partial charge on any atom is 0.187 e. The molecule has 10 heteroatoms. The number of nitrogens with zero attached hydrogens (tertiary/aromatic N) is 4. The van der Waals surface area contributed by atoms with Gasteiger partial charge in [0, 0.05) is 18.7 Å². The molecular weight excluding hydrogens is 636 g/mol. The Balaban J connectivity index is 0.000000252. The van der Waals surface area contributed by atoms with Crippen LogP contribution < -0.4 is 19.5 Å². The first kappa shape index (κ1) is 38.1. The lowest BCUT2D eigenvalue weighted by Crippen LogP contribution is -2.35. The number of halogens is 2. The van der Waals surface area contributed by atoms with Crippen LogP contribution in [0.15, 0.2) is 60.7 Å². The normalized spacial score (nSPS) is 15.1. The monoisotopic (exact) mass is 683 g/mol. The second-order valence-corrected chi connectivity index (χ2v) is 12.8. The van der Waals surface area contributed by atoms with Crippen molar-refractivity contribution >= 4 is 5.69 Å². The van der Waals surface area contributed by atoms with Crippen LogP contribution >= 0.6 is 0 Å². The zero-order valence-electron chi connectivity index (χ0n) is 28.7. The van der Waals surface area contributed by atoms with Gasteiger partial charge in [-0.1, -0.05) is 12.1 Å². The molecule has 3 aromatic rings. The van der Waals surface area contributed by atoms with E-state index in [1.54, 1.807) is 30.3 Å². The number of hydrogen-bond donors (Lipinski definition) is 1. The SMILES string of the molecule is N#Cc1ccc(OCCCC2CCNCC2)cc1F.[C-]#[N+]c1ccc(OCCCN2CCC(CCCOc3ccc(C#N)c(F)c3)CC2)cc1. The minimum absolute atomic E-state index is 0.0425. The van der Waals surface area contributed by atoms with Gasteiger partial charge < -0.3 is 24.4 Å². The number of nitriles is 2. The number of rotatable bonds is 15. The third-order valence-corrected chi connectivity index (χ3v) is 9.19. The quantitative estimate of drug-likeness (QED) is 0.127. The highest BCUT2D eigenvalue weighted by Crippen LogP contribution is 2.24. The maximum atomic E-state index is 13.6. The fourth-order valence-corrected chi connectivity index (χ4v) is 6.24. The van der Waals surface area contributed by atoms with E-state index in [4.69, 9.17) is 31.3 Å². The molecule has 0 spiro atoms. The summed E-state index contributed by atoms with van der Waals surface area (Å²) in [6.07, 6.45) is 10.1. The van der Waals surface area contributed by atoms with Gasteiger partial charge >= 0.3 is 0 Å². The molecule has 50 heavy (non-hydrogen) atoms. The van der Waals surface area contributed by atoms with Crippen LogP contribution in [0.3, 0.4) is 0 Å². The Morgan fingerprint density at radius 2 is 1.18 bits per heavy atom. The molecule has 1 N–H and O–H groups in total. The van der Waals surface area contributed by atoms with Crippen molar-refractivity contribution in [2.24, 2.45) is 11.8 Å². The summed E-state index contributed by atoms with van der Waals surface area (Å²) in [6.45, 7) is 14.3. The zero-order chi connectivity index (χ0) is 35.4. The van der Waals surface area contributed by atoms with Crippen molar-refractivity contribution in [3.05, 3.63) is 94.8 Å². The average Bonchev–Trinajstić information content (AvgIpc) is 3.15. The summed E-state index contributed by atoms with van der Waals surface area (Å²) < 4.78 is 43.8. The maximum absolute atomic E-state index is 13.6. The molecule has 2 aliphatic rings. The Morgan fingerprint density at radius 1 is 0.700 bits per heavy atom. The fraction of sp³-hybridized carbons (Fsp3) is 0.475. The fourth-order valence-electron chi connectivity index (χ4n) is 6.24. The number of benzene rings is 3. The Morgan fingerprint density at radius 3 is 1.68 bits per heavy atom. The van der Waals surface area contributed by atoms with E-state index in [2.05, 4.69) is 15.1 Å². The second-order valence-electron chi connectivity index (χ2n) is 12.8. The van der Waals surface area contributed by atoms with Crippen molar-refractivity contribution in [2.45, 2.75) is 57.8 Å². The molecule has 0 aromatic heterocycles. The number of piperidine rings is 2. The summed E-state index contributed by atoms with van der Waals surface area (Å²) in [6, 6.07) is 19.6. The standard InChI is InChI=1S/C25H28FN3O2.C15H19FN2O/c1-28-22-6-9-23(10-7-22)30-17-3-13-29-14-11-20(12-15-29)4-2-16-31-24-8-5-21(19-27)25(26)18-24;16-15-10-14(4-3-13(15)11-17)19-9-1-2-12-5-7-18-8-6-12/h5-10,18,20H,2-4,11-17H2;3-4,10,12,18H,1-2,5-9H2. The van der Waals surface area contributed by atoms with Gasteiger partial charge in [0.05, 0.1) is 37.5 Å². The summed E-state index contributed by atoms with van der Waals surface area (Å²) in [4.78, 5) is 5.88. The molecule has 0 aliphatic carbocycles. The molecule has 2 aliphatic heterocycles. The Kier molecular flexibility index (Phi) is 16.3. The van der Waals surface area contributed by atoms with Crippen molar-refractivity contribution in [3.63, 3.8) is 0 Å². The Hall–Kier alpha value is -4.69. The van der Waals surface area contributed by atoms with Crippen LogP contribution in [0.1, 0.15) is 68.9 Å². The lowest BCUT2D eigenvalue weighted by atomic mass is 9.92. The summed E-state index contributed by atoms with van der Waals surface area (Å²) in [5.41, 5.74) is 0.730. The summed E-state index contributed by atoms with van der Waals surface area (Å²) in [7, 11) is 0. The average molecular weight is 684 g/mol. The van der Waals surface area contributed by atoms with Gasteiger partial charge in [-0.25, -0.2) is 13.6 Å². The Bertz CT molecular complexity index is 1580. The van der Waals surface area contributed by atoms with E-state index < -0.39 is 11.6 Å². The molecule has 2 fully saturated rings. The van der Waals surface area contributed by atoms with Crippen LogP contribution in [0.5, 0.6) is 17.2 Å². The van der Waals surface area contributed by atoms with Crippen LogP contribution in [0.2, 0.25) is 0 Å². The second kappa shape index (κ2) is 21.4. The van der Waals surface area contributed by atoms with E-state index in [-0.39, 0.29) is 11.1 Å². The van der Waals surface area contributed by atoms with Gasteiger partial charge in [0.15, 0.2) is 5.69 Å². The predicted octanol–water partition coefficient (Wildman–Crippen LogP) is 8.44. The number of nitrogens with one attached hydrogen (secondary N) is 1. The van der Waals surface area contributed by atoms with Crippen molar-refractivity contribution in [2.75, 3.05) is 52.5 Å². The van der Waals surface area contributed by atoms with Crippen LogP contribution in [-0.2, 0) is 0 Å². The minimum Gasteiger partial charge on any atom is -0.494 e. The first-order valence-corrected chi connectivity index (χ1v) is 17.7. The van der Waals surface area contributed by atoms with E-state index in [1.165, 1.54) is 56.4 Å². The highest BCUT2D eigenvalue weighted by molar-refractivity contribution is 5.47. The van der Waals surface area contributed by atoms with Crippen LogP contribution in [0, 0.1) is 52.7 Å². The van der Waals surface area contributed by atoms with E-state index in [1.807, 2.05) is 18.2 Å². The van der Waals surface area contributed by atoms with Crippen LogP contribution in [0.25, 0.3) is 4.85 Å². The van der Waals surface area contributed by atoms with Gasteiger partial charge in [-0.3, -0.25) is 0 Å². The van der Waals surface area contributed by atoms with Crippen molar-refractivity contribution in [1.29, 1.82) is 10.5 Å². The third-order valence-electron chi connectivity index (χ3n) is 9.19. The predicted molar refractivity (Wildman–Crippen MR) is 189 cm³/mol. The van der Waals surface area contributed by atoms with E-state index in [9.17, 15) is 8.78 Å². The van der Waals surface area contributed by atoms with Crippen molar-refractivity contribution < 1.29 is 23.0 Å². The molecule has 264 valence electrons. The van der Waals surface area contributed by atoms with Gasteiger partial charge in [-0.2, -0.15) is 10.5 Å². The molecule has 8 nitrogen and oxygen atoms in total. The van der Waals surface area contributed by atoms with Gasteiger partial charge in [0.1, 0.15) is 41.0 Å². The molecule has 2 heterocycles. The number of hydrogen-bond acceptors (Lipinski definition) is 7. The summed E-state index contributed by atoms with van der Waals surface area (Å²) in [5, 5.41) is 20.7. The summed E-state index contributed by atoms with van der Waals surface area (Å²) >= 11 is 0. The zero-order valence-corrected chi connectivity index (χ0v) is 28.7. The number of likely N-dealkylation sites (tertiary alicyclic amines) is 1. The first-order valence-electron chi connectivity index (χ1n) is 17.7. The lowest BCUT2D eigenvalue weighted by Gasteiger charge is -2.32. The minimum atomic E-state index is -0.532. The topological polar surface area (TPSA) is 94.9 Å². The molecular formula is C40H47F2N5O3. The molecule has 0 saturated carbocycles. The molecule has 0 amide bonds. The molecule has 3 aromatic carbocycles. The van der Waals surface area contributed by atoms with E-state index in [0.29, 0.717) is 37.0 Å². The molecule has 0 unspecified atom stereocenters. The van der Waals surface area contributed by atoms with Gasteiger partial charge in [-0.05, 0) is 132 Å². The third kappa shape index (κ3) is 13.3. The van der Waals surface area contributed by atoms with E-state index >= 15 is 0 Å². The van der Waals surface area contributed by atoms with Crippen LogP contribution in [0.4, 0.5) is 14.5 Å². The van der Waals surface area contributed by atoms with Crippen molar-refractivity contribution in [1.82, 2.24) is 10.2 Å². The molecule has 0 bridgehead atoms. The molecule has 5 rings (SSSR count). The van der Waals surface area contributed by atoms with Gasteiger partial charge in [0.2, 0.25) is 0 Å². The van der Waals surface area contributed by atoms with Crippen molar-refractivity contribution in [3.8, 4) is 29.4 Å².